The predicted molar refractivity (Wildman–Crippen MR) is 151 cm³/mol. The number of aliphatic hydroxyl groups excluding tert-OH is 1. The molecule has 5 aromatic rings. The number of hydrogen-bond donors (Lipinski definition) is 4. The van der Waals surface area contributed by atoms with E-state index in [0.29, 0.717) is 24.3 Å². The third kappa shape index (κ3) is 7.24. The van der Waals surface area contributed by atoms with Gasteiger partial charge >= 0.3 is 24.3 Å². The first kappa shape index (κ1) is 34.6. The first-order chi connectivity index (χ1) is 22.9. The van der Waals surface area contributed by atoms with E-state index in [1.165, 1.54) is 0 Å². The average molecular weight is 713 g/mol. The number of aliphatic hydroxyl groups is 1. The first-order valence-corrected chi connectivity index (χ1v) is 14.8. The zero-order chi connectivity index (χ0) is 35.9. The molecule has 0 aliphatic rings. The number of benzene rings is 2. The van der Waals surface area contributed by atoms with Gasteiger partial charge in [0.1, 0.15) is 11.4 Å². The summed E-state index contributed by atoms with van der Waals surface area (Å²) >= 11 is 0. The van der Waals surface area contributed by atoms with Gasteiger partial charge in [-0.15, -0.1) is 10.2 Å². The number of aromatic carboxylic acids is 2. The van der Waals surface area contributed by atoms with Crippen LogP contribution in [0.2, 0.25) is 0 Å². The van der Waals surface area contributed by atoms with Gasteiger partial charge in [-0.05, 0) is 48.5 Å². The van der Waals surface area contributed by atoms with E-state index in [4.69, 9.17) is 15.3 Å². The summed E-state index contributed by atoms with van der Waals surface area (Å²) in [6, 6.07) is 6.55. The highest BCUT2D eigenvalue weighted by atomic mass is 32.2. The van der Waals surface area contributed by atoms with Crippen LogP contribution in [0.4, 0.5) is 26.3 Å². The molecule has 0 atom stereocenters. The van der Waals surface area contributed by atoms with Gasteiger partial charge in [0.05, 0.1) is 68.9 Å². The number of halogens is 6. The Hall–Kier alpha value is -5.74. The monoisotopic (exact) mass is 712 g/mol. The lowest BCUT2D eigenvalue weighted by atomic mass is 10.1. The van der Waals surface area contributed by atoms with Crippen LogP contribution in [0.25, 0.3) is 34.2 Å². The molecule has 22 heteroatoms. The SMILES string of the molecule is O=C(O)c1ccc(-n2cc(-c3cc(S(=O)(=O)NCCO)cc(-c4cn(-c5ccc(C(=O)O)c(C(F)(F)F)c5)nn4)n3)nn2)cc1C(F)(F)F. The molecule has 5 rings (SSSR count). The fraction of sp³-hybridized carbons (Fsp3) is 0.148. The van der Waals surface area contributed by atoms with E-state index in [1.807, 2.05) is 0 Å². The van der Waals surface area contributed by atoms with Crippen molar-refractivity contribution in [1.82, 2.24) is 39.7 Å². The van der Waals surface area contributed by atoms with Crippen molar-refractivity contribution in [3.05, 3.63) is 83.2 Å². The van der Waals surface area contributed by atoms with Gasteiger partial charge in [0.15, 0.2) is 0 Å². The van der Waals surface area contributed by atoms with E-state index in [1.54, 1.807) is 0 Å². The Kier molecular flexibility index (Phi) is 8.97. The van der Waals surface area contributed by atoms with Crippen molar-refractivity contribution in [2.24, 2.45) is 0 Å². The third-order valence-electron chi connectivity index (χ3n) is 6.63. The molecule has 0 spiro atoms. The minimum atomic E-state index is -5.04. The fourth-order valence-corrected chi connectivity index (χ4v) is 5.45. The second-order valence-corrected chi connectivity index (χ2v) is 11.6. The second kappa shape index (κ2) is 12.7. The largest absolute Gasteiger partial charge is 0.478 e. The van der Waals surface area contributed by atoms with Crippen LogP contribution in [0.5, 0.6) is 0 Å². The quantitative estimate of drug-likeness (QED) is 0.154. The fourth-order valence-electron chi connectivity index (χ4n) is 4.39. The molecule has 3 heterocycles. The Labute approximate surface area is 269 Å². The third-order valence-corrected chi connectivity index (χ3v) is 8.07. The Balaban J connectivity index is 1.60. The Morgan fingerprint density at radius 3 is 1.51 bits per heavy atom. The van der Waals surface area contributed by atoms with Crippen LogP contribution in [-0.2, 0) is 22.4 Å². The van der Waals surface area contributed by atoms with E-state index in [9.17, 15) is 44.3 Å². The van der Waals surface area contributed by atoms with Crippen LogP contribution < -0.4 is 4.72 Å². The Morgan fingerprint density at radius 2 is 1.14 bits per heavy atom. The highest BCUT2D eigenvalue weighted by Gasteiger charge is 2.37. The van der Waals surface area contributed by atoms with Crippen molar-refractivity contribution in [1.29, 1.82) is 0 Å². The number of nitrogens with one attached hydrogen (secondary N) is 1. The molecule has 0 saturated carbocycles. The number of carbonyl (C=O) groups is 2. The lowest BCUT2D eigenvalue weighted by Gasteiger charge is -2.12. The maximum absolute atomic E-state index is 13.6. The molecule has 0 radical (unpaired) electrons. The maximum atomic E-state index is 13.6. The van der Waals surface area contributed by atoms with Crippen LogP contribution in [0.1, 0.15) is 31.8 Å². The number of sulfonamides is 1. The number of aromatic nitrogens is 7. The molecule has 0 fully saturated rings. The number of hydrogen-bond acceptors (Lipinski definition) is 10. The van der Waals surface area contributed by atoms with Crippen LogP contribution in [-0.4, -0.2) is 83.8 Å². The number of nitrogens with zero attached hydrogens (tertiary/aromatic N) is 7. The summed E-state index contributed by atoms with van der Waals surface area (Å²) in [5.41, 5.74) is -6.35. The first-order valence-electron chi connectivity index (χ1n) is 13.3. The summed E-state index contributed by atoms with van der Waals surface area (Å²) in [5, 5.41) is 42.6. The minimum absolute atomic E-state index is 0.192. The van der Waals surface area contributed by atoms with E-state index < -0.39 is 74.6 Å². The lowest BCUT2D eigenvalue weighted by molar-refractivity contribution is -0.138. The molecule has 0 aliphatic heterocycles. The Bertz CT molecular complexity index is 2070. The molecule has 15 nitrogen and oxygen atoms in total. The van der Waals surface area contributed by atoms with Crippen molar-refractivity contribution in [3.8, 4) is 34.2 Å². The smallest absolute Gasteiger partial charge is 0.417 e. The molecule has 0 saturated heterocycles. The van der Waals surface area contributed by atoms with Crippen molar-refractivity contribution < 1.29 is 59.7 Å². The molecule has 0 aliphatic carbocycles. The summed E-state index contributed by atoms with van der Waals surface area (Å²) in [5.74, 6) is -3.64. The highest BCUT2D eigenvalue weighted by Crippen LogP contribution is 2.35. The summed E-state index contributed by atoms with van der Waals surface area (Å²) in [6.07, 6.45) is -7.95. The summed E-state index contributed by atoms with van der Waals surface area (Å²) in [6.45, 7) is -0.975. The molecule has 256 valence electrons. The van der Waals surface area contributed by atoms with Crippen molar-refractivity contribution in [3.63, 3.8) is 0 Å². The molecule has 49 heavy (non-hydrogen) atoms. The molecule has 0 bridgehead atoms. The summed E-state index contributed by atoms with van der Waals surface area (Å²) in [4.78, 5) is 26.4. The zero-order valence-corrected chi connectivity index (χ0v) is 24.8. The van der Waals surface area contributed by atoms with Crippen LogP contribution >= 0.6 is 0 Å². The summed E-state index contributed by atoms with van der Waals surface area (Å²) in [7, 11) is -4.37. The van der Waals surface area contributed by atoms with Gasteiger partial charge in [0, 0.05) is 6.54 Å². The van der Waals surface area contributed by atoms with E-state index in [0.717, 1.165) is 46.0 Å². The second-order valence-electron chi connectivity index (χ2n) is 9.86. The van der Waals surface area contributed by atoms with Gasteiger partial charge in [-0.3, -0.25) is 0 Å². The van der Waals surface area contributed by atoms with E-state index in [2.05, 4.69) is 30.3 Å². The van der Waals surface area contributed by atoms with Crippen LogP contribution in [0.3, 0.4) is 0 Å². The van der Waals surface area contributed by atoms with Gasteiger partial charge in [0.2, 0.25) is 10.0 Å². The van der Waals surface area contributed by atoms with Crippen LogP contribution in [0, 0.1) is 0 Å². The predicted octanol–water partition coefficient (Wildman–Crippen LogP) is 3.28. The van der Waals surface area contributed by atoms with Gasteiger partial charge in [-0.25, -0.2) is 37.1 Å². The topological polar surface area (TPSA) is 215 Å². The maximum Gasteiger partial charge on any atom is 0.417 e. The number of carboxylic acids is 2. The number of pyridine rings is 1. The molecular formula is C27H18F6N8O7S. The van der Waals surface area contributed by atoms with Crippen molar-refractivity contribution in [2.75, 3.05) is 13.2 Å². The lowest BCUT2D eigenvalue weighted by Crippen LogP contribution is -2.26. The zero-order valence-electron chi connectivity index (χ0n) is 24.0. The normalized spacial score (nSPS) is 12.3. The van der Waals surface area contributed by atoms with Gasteiger partial charge in [0.25, 0.3) is 0 Å². The molecule has 4 N–H and O–H groups in total. The molecular weight excluding hydrogens is 694 g/mol. The summed E-state index contributed by atoms with van der Waals surface area (Å²) < 4.78 is 111. The molecule has 3 aromatic heterocycles. The van der Waals surface area contributed by atoms with E-state index in [-0.39, 0.29) is 34.2 Å². The number of rotatable bonds is 10. The molecule has 0 amide bonds. The van der Waals surface area contributed by atoms with Gasteiger partial charge in [-0.2, -0.15) is 26.3 Å². The Morgan fingerprint density at radius 1 is 0.714 bits per heavy atom. The van der Waals surface area contributed by atoms with Gasteiger partial charge in [-0.1, -0.05) is 10.4 Å². The van der Waals surface area contributed by atoms with Crippen molar-refractivity contribution >= 4 is 22.0 Å². The number of carboxylic acid groups (broad SMARTS) is 2. The van der Waals surface area contributed by atoms with E-state index >= 15 is 0 Å². The van der Waals surface area contributed by atoms with Crippen LogP contribution in [0.15, 0.2) is 65.8 Å². The molecule has 2 aromatic carbocycles. The number of alkyl halides is 6. The average Bonchev–Trinajstić information content (AvgIpc) is 3.73. The molecule has 0 unspecified atom stereocenters. The minimum Gasteiger partial charge on any atom is -0.478 e. The highest BCUT2D eigenvalue weighted by molar-refractivity contribution is 7.89. The van der Waals surface area contributed by atoms with Crippen molar-refractivity contribution in [2.45, 2.75) is 17.2 Å². The standard InChI is InChI=1S/C27H18F6N8O7S/c28-26(29,30)18-7-13(1-3-16(18)24(43)44)40-11-22(36-38-40)20-9-15(49(47,48)34-5-6-42)10-21(35-20)23-12-41(39-37-23)14-2-4-17(25(45)46)19(8-14)27(31,32)33/h1-4,7-12,34,42H,5-6H2,(H,43,44)(H,45,46). The van der Waals surface area contributed by atoms with Gasteiger partial charge < -0.3 is 15.3 Å².